The van der Waals surface area contributed by atoms with E-state index in [9.17, 15) is 13.2 Å². The van der Waals surface area contributed by atoms with Gasteiger partial charge in [-0.1, -0.05) is 0 Å². The summed E-state index contributed by atoms with van der Waals surface area (Å²) in [5.41, 5.74) is 1.89. The first-order chi connectivity index (χ1) is 18.7. The van der Waals surface area contributed by atoms with Crippen LogP contribution in [0.4, 0.5) is 11.4 Å². The Morgan fingerprint density at radius 2 is 1.38 bits per heavy atom. The van der Waals surface area contributed by atoms with Gasteiger partial charge in [-0.2, -0.15) is 0 Å². The molecule has 0 amide bonds. The lowest BCUT2D eigenvalue weighted by Gasteiger charge is -2.16. The predicted octanol–water partition coefficient (Wildman–Crippen LogP) is 4.52. The Labute approximate surface area is 228 Å². The number of allylic oxidation sites excluding steroid dienone is 1. The summed E-state index contributed by atoms with van der Waals surface area (Å²) < 4.78 is 55.0. The Bertz CT molecular complexity index is 1390. The first-order valence-electron chi connectivity index (χ1n) is 11.8. The van der Waals surface area contributed by atoms with Crippen LogP contribution in [0.2, 0.25) is 0 Å². The van der Waals surface area contributed by atoms with Crippen LogP contribution < -0.4 is 33.7 Å². The third kappa shape index (κ3) is 7.81. The SMILES string of the molecule is COc1ccc(C(=O)/C=C/Nc2cc(NS(=O)(=O)CCc3c(OC)cc(OC)cc3OC)ccc2OC)cc1. The zero-order valence-electron chi connectivity index (χ0n) is 22.4. The number of sulfonamides is 1. The van der Waals surface area contributed by atoms with E-state index < -0.39 is 10.0 Å². The lowest BCUT2D eigenvalue weighted by molar-refractivity contribution is 0.104. The average molecular weight is 557 g/mol. The molecule has 0 saturated heterocycles. The summed E-state index contributed by atoms with van der Waals surface area (Å²) in [5.74, 6) is 2.14. The second kappa shape index (κ2) is 13.4. The number of hydrogen-bond donors (Lipinski definition) is 2. The summed E-state index contributed by atoms with van der Waals surface area (Å²) in [5, 5.41) is 2.98. The van der Waals surface area contributed by atoms with E-state index in [4.69, 9.17) is 23.7 Å². The highest BCUT2D eigenvalue weighted by Crippen LogP contribution is 2.35. The minimum absolute atomic E-state index is 0.142. The van der Waals surface area contributed by atoms with Crippen LogP contribution in [0.1, 0.15) is 15.9 Å². The fraction of sp³-hybridized carbons (Fsp3) is 0.250. The molecular weight excluding hydrogens is 524 g/mol. The van der Waals surface area contributed by atoms with Crippen molar-refractivity contribution in [1.82, 2.24) is 0 Å². The van der Waals surface area contributed by atoms with E-state index in [2.05, 4.69) is 10.0 Å². The van der Waals surface area contributed by atoms with Crippen LogP contribution in [0.3, 0.4) is 0 Å². The van der Waals surface area contributed by atoms with Crippen molar-refractivity contribution in [3.63, 3.8) is 0 Å². The second-order valence-corrected chi connectivity index (χ2v) is 10.0. The molecule has 0 saturated carbocycles. The third-order valence-electron chi connectivity index (χ3n) is 5.76. The number of ether oxygens (including phenoxy) is 5. The summed E-state index contributed by atoms with van der Waals surface area (Å²) in [6, 6.07) is 14.9. The molecule has 2 N–H and O–H groups in total. The zero-order chi connectivity index (χ0) is 28.4. The molecule has 0 fully saturated rings. The van der Waals surface area contributed by atoms with Crippen molar-refractivity contribution in [3.8, 4) is 28.7 Å². The molecule has 10 nitrogen and oxygen atoms in total. The summed E-state index contributed by atoms with van der Waals surface area (Å²) in [6.45, 7) is 0. The van der Waals surface area contributed by atoms with Crippen LogP contribution >= 0.6 is 0 Å². The number of carbonyl (C=O) groups excluding carboxylic acids is 1. The monoisotopic (exact) mass is 556 g/mol. The van der Waals surface area contributed by atoms with Gasteiger partial charge < -0.3 is 29.0 Å². The minimum Gasteiger partial charge on any atom is -0.497 e. The topological polar surface area (TPSA) is 121 Å². The number of benzene rings is 3. The lowest BCUT2D eigenvalue weighted by Crippen LogP contribution is -2.19. The minimum atomic E-state index is -3.75. The lowest BCUT2D eigenvalue weighted by atomic mass is 10.1. The summed E-state index contributed by atoms with van der Waals surface area (Å²) in [4.78, 5) is 12.4. The molecule has 3 aromatic carbocycles. The van der Waals surface area contributed by atoms with E-state index in [-0.39, 0.29) is 18.0 Å². The normalized spacial score (nSPS) is 11.1. The molecule has 0 spiro atoms. The van der Waals surface area contributed by atoms with Gasteiger partial charge in [0.1, 0.15) is 28.7 Å². The Balaban J connectivity index is 1.71. The molecule has 0 heterocycles. The van der Waals surface area contributed by atoms with Crippen molar-refractivity contribution in [2.75, 3.05) is 51.3 Å². The summed E-state index contributed by atoms with van der Waals surface area (Å²) >= 11 is 0. The van der Waals surface area contributed by atoms with Crippen LogP contribution in [0.15, 0.2) is 66.9 Å². The number of anilines is 2. The molecule has 0 aromatic heterocycles. The van der Waals surface area contributed by atoms with Gasteiger partial charge in [0.05, 0.1) is 52.7 Å². The van der Waals surface area contributed by atoms with Gasteiger partial charge in [0.15, 0.2) is 5.78 Å². The maximum atomic E-state index is 12.9. The average Bonchev–Trinajstić information content (AvgIpc) is 2.95. The Hall–Kier alpha value is -4.38. The molecule has 0 bridgehead atoms. The molecule has 11 heteroatoms. The maximum absolute atomic E-state index is 12.9. The van der Waals surface area contributed by atoms with Crippen LogP contribution in [0.25, 0.3) is 0 Å². The van der Waals surface area contributed by atoms with Gasteiger partial charge in [-0.05, 0) is 48.9 Å². The standard InChI is InChI=1S/C28H32N2O8S/c1-34-21-9-6-19(7-10-21)25(31)12-14-29-24-16-20(8-11-26(24)36-3)30-39(32,33)15-13-23-27(37-4)17-22(35-2)18-28(23)38-5/h6-12,14,16-18,29-30H,13,15H2,1-5H3/b14-12+. The molecule has 208 valence electrons. The van der Waals surface area contributed by atoms with E-state index in [0.29, 0.717) is 51.2 Å². The highest BCUT2D eigenvalue weighted by atomic mass is 32.2. The third-order valence-corrected chi connectivity index (χ3v) is 7.05. The van der Waals surface area contributed by atoms with E-state index in [0.717, 1.165) is 0 Å². The molecule has 39 heavy (non-hydrogen) atoms. The number of rotatable bonds is 14. The van der Waals surface area contributed by atoms with E-state index >= 15 is 0 Å². The smallest absolute Gasteiger partial charge is 0.233 e. The molecule has 3 aromatic rings. The van der Waals surface area contributed by atoms with Gasteiger partial charge in [0.2, 0.25) is 10.0 Å². The number of ketones is 1. The number of methoxy groups -OCH3 is 5. The Kier molecular flexibility index (Phi) is 10.0. The van der Waals surface area contributed by atoms with Crippen molar-refractivity contribution in [1.29, 1.82) is 0 Å². The van der Waals surface area contributed by atoms with Gasteiger partial charge in [0, 0.05) is 35.5 Å². The van der Waals surface area contributed by atoms with E-state index in [1.54, 1.807) is 61.7 Å². The quantitative estimate of drug-likeness (QED) is 0.218. The molecule has 0 aliphatic rings. The maximum Gasteiger partial charge on any atom is 0.233 e. The Morgan fingerprint density at radius 3 is 1.95 bits per heavy atom. The van der Waals surface area contributed by atoms with Crippen LogP contribution in [0.5, 0.6) is 28.7 Å². The van der Waals surface area contributed by atoms with Crippen molar-refractivity contribution in [3.05, 3.63) is 78.0 Å². The van der Waals surface area contributed by atoms with E-state index in [1.165, 1.54) is 40.7 Å². The van der Waals surface area contributed by atoms with Crippen molar-refractivity contribution in [2.45, 2.75) is 6.42 Å². The number of carbonyl (C=O) groups is 1. The fourth-order valence-electron chi connectivity index (χ4n) is 3.73. The van der Waals surface area contributed by atoms with Crippen molar-refractivity contribution in [2.24, 2.45) is 0 Å². The zero-order valence-corrected chi connectivity index (χ0v) is 23.3. The first kappa shape index (κ1) is 29.2. The van der Waals surface area contributed by atoms with Gasteiger partial charge in [-0.3, -0.25) is 9.52 Å². The fourth-order valence-corrected chi connectivity index (χ4v) is 4.80. The number of hydrogen-bond acceptors (Lipinski definition) is 9. The molecule has 0 aliphatic carbocycles. The predicted molar refractivity (Wildman–Crippen MR) is 150 cm³/mol. The highest BCUT2D eigenvalue weighted by Gasteiger charge is 2.18. The highest BCUT2D eigenvalue weighted by molar-refractivity contribution is 7.92. The summed E-state index contributed by atoms with van der Waals surface area (Å²) in [6.07, 6.45) is 2.97. The van der Waals surface area contributed by atoms with Gasteiger partial charge >= 0.3 is 0 Å². The van der Waals surface area contributed by atoms with Crippen LogP contribution in [-0.2, 0) is 16.4 Å². The number of nitrogens with one attached hydrogen (secondary N) is 2. The van der Waals surface area contributed by atoms with Crippen molar-refractivity contribution >= 4 is 27.2 Å². The second-order valence-electron chi connectivity index (χ2n) is 8.17. The van der Waals surface area contributed by atoms with Gasteiger partial charge in [-0.15, -0.1) is 0 Å². The van der Waals surface area contributed by atoms with Gasteiger partial charge in [0.25, 0.3) is 0 Å². The molecule has 0 aliphatic heterocycles. The molecule has 0 radical (unpaired) electrons. The largest absolute Gasteiger partial charge is 0.497 e. The van der Waals surface area contributed by atoms with Crippen LogP contribution in [0, 0.1) is 0 Å². The van der Waals surface area contributed by atoms with Crippen molar-refractivity contribution < 1.29 is 36.9 Å². The Morgan fingerprint density at radius 1 is 0.769 bits per heavy atom. The molecule has 0 atom stereocenters. The molecule has 0 unspecified atom stereocenters. The van der Waals surface area contributed by atoms with Gasteiger partial charge in [-0.25, -0.2) is 8.42 Å². The molecule has 3 rings (SSSR count). The first-order valence-corrected chi connectivity index (χ1v) is 13.5. The van der Waals surface area contributed by atoms with E-state index in [1.807, 2.05) is 0 Å². The summed E-state index contributed by atoms with van der Waals surface area (Å²) in [7, 11) is 3.80. The van der Waals surface area contributed by atoms with Crippen LogP contribution in [-0.4, -0.2) is 55.5 Å². The molecular formula is C28H32N2O8S.